The smallest absolute Gasteiger partial charge is 0.303 e. The van der Waals surface area contributed by atoms with E-state index in [0.717, 1.165) is 6.42 Å². The number of aliphatic hydroxyl groups excluding tert-OH is 3. The second kappa shape index (κ2) is 10.9. The molecule has 9 heteroatoms. The van der Waals surface area contributed by atoms with Gasteiger partial charge in [-0.25, -0.2) is 0 Å². The fourth-order valence-electron chi connectivity index (χ4n) is 6.16. The molecule has 1 fully saturated rings. The van der Waals surface area contributed by atoms with E-state index in [4.69, 9.17) is 23.7 Å². The summed E-state index contributed by atoms with van der Waals surface area (Å²) in [6.45, 7) is 9.46. The number of aliphatic hydroxyl groups is 3. The molecule has 1 saturated heterocycles. The van der Waals surface area contributed by atoms with Gasteiger partial charge in [-0.1, -0.05) is 31.6 Å². The number of esters is 1. The quantitative estimate of drug-likeness (QED) is 0.356. The van der Waals surface area contributed by atoms with E-state index in [0.29, 0.717) is 23.8 Å². The number of carbonyl (C=O) groups excluding carboxylic acids is 1. The van der Waals surface area contributed by atoms with Gasteiger partial charge < -0.3 is 39.0 Å². The summed E-state index contributed by atoms with van der Waals surface area (Å²) in [6.07, 6.45) is 3.99. The third-order valence-electron chi connectivity index (χ3n) is 8.54. The topological polar surface area (TPSA) is 124 Å². The van der Waals surface area contributed by atoms with Crippen LogP contribution in [0, 0.1) is 23.7 Å². The van der Waals surface area contributed by atoms with Crippen molar-refractivity contribution in [2.45, 2.75) is 89.6 Å². The maximum absolute atomic E-state index is 11.7. The second-order valence-electron chi connectivity index (χ2n) is 11.4. The number of methoxy groups -OCH3 is 1. The van der Waals surface area contributed by atoms with Crippen LogP contribution in [-0.4, -0.2) is 83.7 Å². The number of hydrogen-bond donors (Lipinski definition) is 3. The molecule has 3 aliphatic heterocycles. The Bertz CT molecular complexity index is 942. The molecule has 1 aliphatic carbocycles. The largest absolute Gasteiger partial charge is 0.454 e. The molecule has 0 radical (unpaired) electrons. The van der Waals surface area contributed by atoms with Gasteiger partial charge in [-0.3, -0.25) is 4.79 Å². The van der Waals surface area contributed by atoms with E-state index in [1.165, 1.54) is 12.5 Å². The first-order valence-electron chi connectivity index (χ1n) is 13.2. The van der Waals surface area contributed by atoms with Gasteiger partial charge in [0.1, 0.15) is 17.8 Å². The Kier molecular flexibility index (Phi) is 8.36. The van der Waals surface area contributed by atoms with E-state index in [1.54, 1.807) is 7.11 Å². The minimum absolute atomic E-state index is 0.00754. The molecule has 2 bridgehead atoms. The van der Waals surface area contributed by atoms with Crippen LogP contribution in [0.4, 0.5) is 0 Å². The van der Waals surface area contributed by atoms with Gasteiger partial charge in [0.15, 0.2) is 12.4 Å². The van der Waals surface area contributed by atoms with Crippen molar-refractivity contribution in [1.29, 1.82) is 0 Å². The zero-order valence-corrected chi connectivity index (χ0v) is 22.6. The average molecular weight is 523 g/mol. The standard InChI is InChI=1S/C28H42O9/c1-15(2)19-8-7-16(3)20-12-23(31)27(5)9-10-28(33-6,37-27)18(11-21(19)20)13-34-26-25(36-17(4)29)24(32)22(30)14-35-26/h7,9-11,15,19-26,30-32H,8,12-14H2,1-6H3/b18-11-/t19-,20+,21-,22-,23+,24-,25+,26-,27+,28-/m1/s1. The van der Waals surface area contributed by atoms with Crippen molar-refractivity contribution in [2.24, 2.45) is 23.7 Å². The number of allylic oxidation sites excluding steroid dienone is 3. The van der Waals surface area contributed by atoms with Crippen LogP contribution in [0.5, 0.6) is 0 Å². The van der Waals surface area contributed by atoms with Gasteiger partial charge in [0.05, 0.1) is 19.3 Å². The first-order chi connectivity index (χ1) is 17.4. The van der Waals surface area contributed by atoms with Gasteiger partial charge in [0, 0.05) is 19.6 Å². The van der Waals surface area contributed by atoms with Crippen LogP contribution in [0.3, 0.4) is 0 Å². The van der Waals surface area contributed by atoms with E-state index in [1.807, 2.05) is 19.1 Å². The summed E-state index contributed by atoms with van der Waals surface area (Å²) >= 11 is 0. The van der Waals surface area contributed by atoms with Crippen LogP contribution in [0.15, 0.2) is 35.5 Å². The van der Waals surface area contributed by atoms with Gasteiger partial charge in [-0.05, 0) is 62.5 Å². The number of fused-ring (bicyclic) bond motifs is 3. The summed E-state index contributed by atoms with van der Waals surface area (Å²) in [7, 11) is 1.55. The Morgan fingerprint density at radius 1 is 1.24 bits per heavy atom. The predicted octanol–water partition coefficient (Wildman–Crippen LogP) is 2.25. The van der Waals surface area contributed by atoms with Crippen LogP contribution in [0.1, 0.15) is 47.5 Å². The molecule has 4 rings (SSSR count). The molecule has 0 amide bonds. The van der Waals surface area contributed by atoms with Crippen LogP contribution in [0.2, 0.25) is 0 Å². The van der Waals surface area contributed by atoms with E-state index in [9.17, 15) is 20.1 Å². The minimum Gasteiger partial charge on any atom is -0.454 e. The molecule has 37 heavy (non-hydrogen) atoms. The summed E-state index contributed by atoms with van der Waals surface area (Å²) in [4.78, 5) is 11.7. The van der Waals surface area contributed by atoms with Crippen LogP contribution >= 0.6 is 0 Å². The highest BCUT2D eigenvalue weighted by atomic mass is 16.7. The van der Waals surface area contributed by atoms with Crippen molar-refractivity contribution < 1.29 is 43.8 Å². The maximum atomic E-state index is 11.7. The van der Waals surface area contributed by atoms with Crippen molar-refractivity contribution in [2.75, 3.05) is 20.3 Å². The third kappa shape index (κ3) is 5.45. The summed E-state index contributed by atoms with van der Waals surface area (Å²) < 4.78 is 29.4. The molecule has 0 unspecified atom stereocenters. The maximum Gasteiger partial charge on any atom is 0.303 e. The fourth-order valence-corrected chi connectivity index (χ4v) is 6.16. The Balaban J connectivity index is 1.71. The highest BCUT2D eigenvalue weighted by Crippen LogP contribution is 2.49. The molecule has 3 N–H and O–H groups in total. The molecule has 0 spiro atoms. The minimum atomic E-state index is -1.35. The highest BCUT2D eigenvalue weighted by molar-refractivity contribution is 5.66. The summed E-state index contributed by atoms with van der Waals surface area (Å²) in [6, 6.07) is 0. The first kappa shape index (κ1) is 28.4. The number of carbonyl (C=O) groups is 1. The van der Waals surface area contributed by atoms with Crippen molar-refractivity contribution in [3.05, 3.63) is 35.5 Å². The number of ether oxygens (including phenoxy) is 5. The molecule has 3 heterocycles. The lowest BCUT2D eigenvalue weighted by molar-refractivity contribution is -0.277. The molecule has 10 atom stereocenters. The van der Waals surface area contributed by atoms with Crippen LogP contribution in [0.25, 0.3) is 0 Å². The summed E-state index contributed by atoms with van der Waals surface area (Å²) in [5.41, 5.74) is 0.985. The SMILES string of the molecule is CO[C@]12C=C[C@](C)(O1)[C@@H](O)C[C@H]1C(C)=CC[C@H](C(C)C)[C@H]1/C=C\2CO[C@@H]1OC[C@@H](O)[C@@H](O)[C@@H]1OC(C)=O. The van der Waals surface area contributed by atoms with E-state index >= 15 is 0 Å². The normalized spacial score (nSPS) is 45.2. The lowest BCUT2D eigenvalue weighted by Crippen LogP contribution is -2.55. The number of hydrogen-bond acceptors (Lipinski definition) is 9. The average Bonchev–Trinajstić information content (AvgIpc) is 3.22. The monoisotopic (exact) mass is 522 g/mol. The highest BCUT2D eigenvalue weighted by Gasteiger charge is 2.52. The Labute approximate surface area is 219 Å². The van der Waals surface area contributed by atoms with Gasteiger partial charge in [0.25, 0.3) is 0 Å². The van der Waals surface area contributed by atoms with E-state index in [-0.39, 0.29) is 25.0 Å². The Morgan fingerprint density at radius 3 is 2.62 bits per heavy atom. The second-order valence-corrected chi connectivity index (χ2v) is 11.4. The van der Waals surface area contributed by atoms with Gasteiger partial charge >= 0.3 is 5.97 Å². The molecule has 0 aromatic carbocycles. The molecule has 208 valence electrons. The lowest BCUT2D eigenvalue weighted by atomic mass is 9.65. The van der Waals surface area contributed by atoms with Gasteiger partial charge in [-0.2, -0.15) is 0 Å². The van der Waals surface area contributed by atoms with Crippen molar-refractivity contribution in [1.82, 2.24) is 0 Å². The lowest BCUT2D eigenvalue weighted by Gasteiger charge is -2.40. The molecule has 0 aromatic heterocycles. The van der Waals surface area contributed by atoms with Gasteiger partial charge in [0.2, 0.25) is 5.79 Å². The molecule has 9 nitrogen and oxygen atoms in total. The predicted molar refractivity (Wildman–Crippen MR) is 134 cm³/mol. The Morgan fingerprint density at radius 2 is 1.97 bits per heavy atom. The molecular weight excluding hydrogens is 480 g/mol. The van der Waals surface area contributed by atoms with E-state index < -0.39 is 48.1 Å². The molecular formula is C28H42O9. The number of rotatable bonds is 6. The van der Waals surface area contributed by atoms with Crippen molar-refractivity contribution in [3.8, 4) is 0 Å². The van der Waals surface area contributed by atoms with E-state index in [2.05, 4.69) is 32.9 Å². The Hall–Kier alpha value is -1.59. The zero-order chi connectivity index (χ0) is 27.1. The molecule has 0 aromatic rings. The molecule has 4 aliphatic rings. The van der Waals surface area contributed by atoms with Crippen LogP contribution < -0.4 is 0 Å². The summed E-state index contributed by atoms with van der Waals surface area (Å²) in [5, 5.41) is 31.8. The van der Waals surface area contributed by atoms with Gasteiger partial charge in [-0.15, -0.1) is 0 Å². The molecule has 0 saturated carbocycles. The van der Waals surface area contributed by atoms with Crippen molar-refractivity contribution in [3.63, 3.8) is 0 Å². The summed E-state index contributed by atoms with van der Waals surface area (Å²) in [5.74, 6) is -0.925. The first-order valence-corrected chi connectivity index (χ1v) is 13.2. The fraction of sp³-hybridized carbons (Fsp3) is 0.750. The zero-order valence-electron chi connectivity index (χ0n) is 22.6. The van der Waals surface area contributed by atoms with Crippen LogP contribution in [-0.2, 0) is 28.5 Å². The third-order valence-corrected chi connectivity index (χ3v) is 8.54. The van der Waals surface area contributed by atoms with Crippen molar-refractivity contribution >= 4 is 5.97 Å².